The summed E-state index contributed by atoms with van der Waals surface area (Å²) in [5.74, 6) is -2.35. The zero-order valence-corrected chi connectivity index (χ0v) is 14.8. The number of carbonyl (C=O) groups excluding carboxylic acids is 2. The van der Waals surface area contributed by atoms with Gasteiger partial charge < -0.3 is 10.4 Å². The molecule has 1 saturated carbocycles. The SMILES string of the molecule is O=C1CN(c2c(O)cc3ccc(C(=O)NCC4CC4)cc3c2F)S(=O)(=O)N1. The van der Waals surface area contributed by atoms with Gasteiger partial charge in [-0.1, -0.05) is 6.07 Å². The smallest absolute Gasteiger partial charge is 0.326 e. The normalized spacial score (nSPS) is 18.6. The predicted molar refractivity (Wildman–Crippen MR) is 95.0 cm³/mol. The molecule has 2 amide bonds. The zero-order chi connectivity index (χ0) is 19.3. The van der Waals surface area contributed by atoms with Crippen LogP contribution < -0.4 is 14.3 Å². The molecule has 0 spiro atoms. The van der Waals surface area contributed by atoms with Gasteiger partial charge in [-0.3, -0.25) is 9.59 Å². The molecule has 0 bridgehead atoms. The topological polar surface area (TPSA) is 116 Å². The molecule has 27 heavy (non-hydrogen) atoms. The number of anilines is 1. The van der Waals surface area contributed by atoms with E-state index in [0.717, 1.165) is 12.8 Å². The molecular formula is C17H16FN3O5S. The second kappa shape index (κ2) is 6.08. The fourth-order valence-corrected chi connectivity index (χ4v) is 4.18. The molecule has 1 saturated heterocycles. The van der Waals surface area contributed by atoms with Crippen molar-refractivity contribution in [3.05, 3.63) is 35.6 Å². The Morgan fingerprint density at radius 3 is 2.70 bits per heavy atom. The van der Waals surface area contributed by atoms with Gasteiger partial charge >= 0.3 is 10.2 Å². The molecule has 0 aromatic heterocycles. The van der Waals surface area contributed by atoms with Gasteiger partial charge in [0.05, 0.1) is 0 Å². The van der Waals surface area contributed by atoms with Crippen molar-refractivity contribution < 1.29 is 27.5 Å². The monoisotopic (exact) mass is 393 g/mol. The Balaban J connectivity index is 1.76. The maximum atomic E-state index is 15.1. The molecule has 0 unspecified atom stereocenters. The third-order valence-electron chi connectivity index (χ3n) is 4.61. The number of hydrogen-bond donors (Lipinski definition) is 3. The molecular weight excluding hydrogens is 377 g/mol. The zero-order valence-electron chi connectivity index (χ0n) is 14.0. The summed E-state index contributed by atoms with van der Waals surface area (Å²) in [6.45, 7) is -0.0835. The van der Waals surface area contributed by atoms with E-state index in [-0.39, 0.29) is 16.9 Å². The van der Waals surface area contributed by atoms with Crippen molar-refractivity contribution in [3.8, 4) is 5.75 Å². The minimum Gasteiger partial charge on any atom is -0.506 e. The first-order valence-electron chi connectivity index (χ1n) is 8.33. The average molecular weight is 393 g/mol. The summed E-state index contributed by atoms with van der Waals surface area (Å²) in [6, 6.07) is 5.46. The van der Waals surface area contributed by atoms with Crippen LogP contribution in [-0.4, -0.2) is 38.4 Å². The van der Waals surface area contributed by atoms with Crippen LogP contribution in [0, 0.1) is 11.7 Å². The first-order chi connectivity index (χ1) is 12.8. The number of benzene rings is 2. The van der Waals surface area contributed by atoms with Gasteiger partial charge in [-0.15, -0.1) is 0 Å². The van der Waals surface area contributed by atoms with E-state index in [1.165, 1.54) is 24.3 Å². The van der Waals surface area contributed by atoms with E-state index >= 15 is 4.39 Å². The minimum absolute atomic E-state index is 0.0311. The van der Waals surface area contributed by atoms with Crippen molar-refractivity contribution in [1.29, 1.82) is 0 Å². The van der Waals surface area contributed by atoms with Crippen molar-refractivity contribution in [2.24, 2.45) is 5.92 Å². The van der Waals surface area contributed by atoms with Gasteiger partial charge in [-0.2, -0.15) is 8.42 Å². The average Bonchev–Trinajstić information content (AvgIpc) is 3.38. The Morgan fingerprint density at radius 1 is 1.33 bits per heavy atom. The quantitative estimate of drug-likeness (QED) is 0.717. The lowest BCUT2D eigenvalue weighted by Gasteiger charge is -2.18. The number of carbonyl (C=O) groups is 2. The van der Waals surface area contributed by atoms with Gasteiger partial charge in [-0.05, 0) is 42.3 Å². The van der Waals surface area contributed by atoms with Crippen molar-refractivity contribution in [1.82, 2.24) is 10.0 Å². The van der Waals surface area contributed by atoms with E-state index in [4.69, 9.17) is 0 Å². The largest absolute Gasteiger partial charge is 0.506 e. The molecule has 3 N–H and O–H groups in total. The number of hydrogen-bond acceptors (Lipinski definition) is 5. The Hall–Kier alpha value is -2.88. The summed E-state index contributed by atoms with van der Waals surface area (Å²) in [5, 5.41) is 13.2. The highest BCUT2D eigenvalue weighted by Crippen LogP contribution is 2.38. The number of nitrogens with zero attached hydrogens (tertiary/aromatic N) is 1. The van der Waals surface area contributed by atoms with E-state index in [1.54, 1.807) is 4.72 Å². The molecule has 142 valence electrons. The Bertz CT molecular complexity index is 1080. The Morgan fingerprint density at radius 2 is 2.07 bits per heavy atom. The standard InChI is InChI=1S/C17H16FN3O5S/c18-15-12-5-11(17(24)19-7-9-1-2-9)4-3-10(12)6-13(22)16(15)21-8-14(23)20-27(21,25)26/h3-6,9,22H,1-2,7-8H2,(H,19,24)(H,20,23). The molecule has 10 heteroatoms. The fraction of sp³-hybridized carbons (Fsp3) is 0.294. The van der Waals surface area contributed by atoms with Gasteiger partial charge in [0, 0.05) is 17.5 Å². The molecule has 2 aliphatic rings. The third-order valence-corrected chi connectivity index (χ3v) is 5.99. The molecule has 1 heterocycles. The number of nitrogens with one attached hydrogen (secondary N) is 2. The lowest BCUT2D eigenvalue weighted by atomic mass is 10.0. The summed E-state index contributed by atoms with van der Waals surface area (Å²) in [6.07, 6.45) is 2.15. The number of halogens is 1. The fourth-order valence-electron chi connectivity index (χ4n) is 3.01. The molecule has 8 nitrogen and oxygen atoms in total. The number of fused-ring (bicyclic) bond motifs is 1. The number of aromatic hydroxyl groups is 1. The number of rotatable bonds is 4. The molecule has 2 aromatic carbocycles. The van der Waals surface area contributed by atoms with Crippen LogP contribution in [-0.2, 0) is 15.0 Å². The molecule has 0 radical (unpaired) electrons. The van der Waals surface area contributed by atoms with Crippen LogP contribution in [0.4, 0.5) is 10.1 Å². The molecule has 2 fully saturated rings. The molecule has 2 aromatic rings. The highest BCUT2D eigenvalue weighted by molar-refractivity contribution is 7.92. The highest BCUT2D eigenvalue weighted by atomic mass is 32.2. The van der Waals surface area contributed by atoms with Crippen molar-refractivity contribution >= 4 is 38.5 Å². The summed E-state index contributed by atoms with van der Waals surface area (Å²) in [5.41, 5.74) is -0.409. The van der Waals surface area contributed by atoms with Gasteiger partial charge in [0.2, 0.25) is 0 Å². The van der Waals surface area contributed by atoms with E-state index in [9.17, 15) is 23.1 Å². The summed E-state index contributed by atoms with van der Waals surface area (Å²) in [7, 11) is -4.29. The predicted octanol–water partition coefficient (Wildman–Crippen LogP) is 1.01. The van der Waals surface area contributed by atoms with Gasteiger partial charge in [0.15, 0.2) is 5.82 Å². The number of phenolic OH excluding ortho intramolecular Hbond substituents is 1. The molecule has 1 aliphatic heterocycles. The van der Waals surface area contributed by atoms with Gasteiger partial charge in [0.1, 0.15) is 18.0 Å². The van der Waals surface area contributed by atoms with Gasteiger partial charge in [0.25, 0.3) is 11.8 Å². The van der Waals surface area contributed by atoms with Crippen LogP contribution in [0.2, 0.25) is 0 Å². The summed E-state index contributed by atoms with van der Waals surface area (Å²) in [4.78, 5) is 23.7. The molecule has 4 rings (SSSR count). The first kappa shape index (κ1) is 17.5. The second-order valence-corrected chi connectivity index (χ2v) is 8.28. The van der Waals surface area contributed by atoms with Crippen LogP contribution in [0.15, 0.2) is 24.3 Å². The molecule has 0 atom stereocenters. The third kappa shape index (κ3) is 3.16. The maximum Gasteiger partial charge on any atom is 0.326 e. The summed E-state index contributed by atoms with van der Waals surface area (Å²) < 4.78 is 41.3. The van der Waals surface area contributed by atoms with Gasteiger partial charge in [-0.25, -0.2) is 13.4 Å². The van der Waals surface area contributed by atoms with Crippen LogP contribution in [0.1, 0.15) is 23.2 Å². The Kier molecular flexibility index (Phi) is 3.95. The Labute approximate surface area is 154 Å². The second-order valence-electron chi connectivity index (χ2n) is 6.68. The number of amides is 2. The first-order valence-corrected chi connectivity index (χ1v) is 9.77. The van der Waals surface area contributed by atoms with E-state index in [1.807, 2.05) is 0 Å². The van der Waals surface area contributed by atoms with E-state index < -0.39 is 39.9 Å². The molecule has 1 aliphatic carbocycles. The van der Waals surface area contributed by atoms with Crippen LogP contribution in [0.25, 0.3) is 10.8 Å². The maximum absolute atomic E-state index is 15.1. The van der Waals surface area contributed by atoms with Crippen molar-refractivity contribution in [3.63, 3.8) is 0 Å². The highest BCUT2D eigenvalue weighted by Gasteiger charge is 2.37. The van der Waals surface area contributed by atoms with E-state index in [2.05, 4.69) is 5.32 Å². The van der Waals surface area contributed by atoms with Crippen LogP contribution >= 0.6 is 0 Å². The van der Waals surface area contributed by atoms with Crippen molar-refractivity contribution in [2.45, 2.75) is 12.8 Å². The van der Waals surface area contributed by atoms with Crippen LogP contribution in [0.3, 0.4) is 0 Å². The number of phenols is 1. The van der Waals surface area contributed by atoms with Crippen molar-refractivity contribution in [2.75, 3.05) is 17.4 Å². The summed E-state index contributed by atoms with van der Waals surface area (Å²) >= 11 is 0. The minimum atomic E-state index is -4.29. The van der Waals surface area contributed by atoms with E-state index in [0.29, 0.717) is 22.2 Å². The lowest BCUT2D eigenvalue weighted by Crippen LogP contribution is -2.30. The lowest BCUT2D eigenvalue weighted by molar-refractivity contribution is -0.117. The van der Waals surface area contributed by atoms with Crippen LogP contribution in [0.5, 0.6) is 5.75 Å².